The molecule has 0 saturated heterocycles. The molecule has 1 aromatic heterocycles. The van der Waals surface area contributed by atoms with Crippen LogP contribution in [-0.4, -0.2) is 25.2 Å². The molecule has 1 aromatic rings. The molecule has 15 heavy (non-hydrogen) atoms. The zero-order valence-electron chi connectivity index (χ0n) is 9.79. The summed E-state index contributed by atoms with van der Waals surface area (Å²) < 4.78 is 5.02. The second-order valence-electron chi connectivity index (χ2n) is 3.69. The molecule has 0 aliphatic carbocycles. The predicted molar refractivity (Wildman–Crippen MR) is 62.2 cm³/mol. The van der Waals surface area contributed by atoms with E-state index in [1.807, 2.05) is 19.3 Å². The van der Waals surface area contributed by atoms with Crippen LogP contribution in [0, 0.1) is 0 Å². The van der Waals surface area contributed by atoms with Gasteiger partial charge in [-0.25, -0.2) is 4.98 Å². The average Bonchev–Trinajstić information content (AvgIpc) is 2.29. The average molecular weight is 208 g/mol. The van der Waals surface area contributed by atoms with E-state index in [1.165, 1.54) is 18.4 Å². The highest BCUT2D eigenvalue weighted by Crippen LogP contribution is 2.10. The van der Waals surface area contributed by atoms with Gasteiger partial charge in [-0.05, 0) is 25.5 Å². The number of hydrogen-bond acceptors (Lipinski definition) is 3. The third-order valence-electron chi connectivity index (χ3n) is 2.53. The molecular weight excluding hydrogens is 188 g/mol. The number of likely N-dealkylation sites (N-methyl/N-ethyl adjacent to an activating group) is 1. The van der Waals surface area contributed by atoms with Gasteiger partial charge in [-0.15, -0.1) is 0 Å². The molecule has 1 rings (SSSR count). The smallest absolute Gasteiger partial charge is 0.212 e. The zero-order chi connectivity index (χ0) is 11.1. The summed E-state index contributed by atoms with van der Waals surface area (Å²) in [5.74, 6) is 0.676. The Bertz CT molecular complexity index is 271. The Kier molecular flexibility index (Phi) is 5.12. The summed E-state index contributed by atoms with van der Waals surface area (Å²) in [6.07, 6.45) is 5.32. The Labute approximate surface area is 91.9 Å². The predicted octanol–water partition coefficient (Wildman–Crippen LogP) is 2.02. The van der Waals surface area contributed by atoms with Gasteiger partial charge >= 0.3 is 0 Å². The third-order valence-corrected chi connectivity index (χ3v) is 2.53. The van der Waals surface area contributed by atoms with E-state index in [2.05, 4.69) is 23.3 Å². The fraction of sp³-hybridized carbons (Fsp3) is 0.583. The Hall–Kier alpha value is -1.09. The molecule has 3 nitrogen and oxygen atoms in total. The molecule has 0 aliphatic heterocycles. The highest BCUT2D eigenvalue weighted by Gasteiger charge is 2.06. The lowest BCUT2D eigenvalue weighted by atomic mass is 10.0. The lowest BCUT2D eigenvalue weighted by Gasteiger charge is -2.14. The van der Waals surface area contributed by atoms with Crippen LogP contribution in [0.3, 0.4) is 0 Å². The van der Waals surface area contributed by atoms with Gasteiger partial charge in [-0.2, -0.15) is 0 Å². The molecule has 0 spiro atoms. The van der Waals surface area contributed by atoms with Gasteiger partial charge in [0.1, 0.15) is 0 Å². The summed E-state index contributed by atoms with van der Waals surface area (Å²) in [6.45, 7) is 2.20. The van der Waals surface area contributed by atoms with Gasteiger partial charge in [-0.3, -0.25) is 0 Å². The number of aromatic nitrogens is 1. The van der Waals surface area contributed by atoms with E-state index in [-0.39, 0.29) is 0 Å². The van der Waals surface area contributed by atoms with Crippen LogP contribution in [0.5, 0.6) is 5.88 Å². The molecule has 0 aliphatic rings. The topological polar surface area (TPSA) is 34.1 Å². The molecule has 0 bridgehead atoms. The fourth-order valence-corrected chi connectivity index (χ4v) is 1.63. The van der Waals surface area contributed by atoms with Crippen molar-refractivity contribution >= 4 is 0 Å². The van der Waals surface area contributed by atoms with E-state index in [4.69, 9.17) is 4.74 Å². The lowest BCUT2D eigenvalue weighted by Crippen LogP contribution is -2.27. The van der Waals surface area contributed by atoms with Crippen molar-refractivity contribution in [3.8, 4) is 5.88 Å². The van der Waals surface area contributed by atoms with Crippen molar-refractivity contribution < 1.29 is 4.74 Å². The first-order valence-corrected chi connectivity index (χ1v) is 5.46. The first kappa shape index (κ1) is 12.0. The number of ether oxygens (including phenoxy) is 1. The maximum Gasteiger partial charge on any atom is 0.212 e. The standard InChI is InChI=1S/C12H20N2O/c1-4-5-11(13-2)8-10-6-7-12(15-3)14-9-10/h6-7,9,11,13H,4-5,8H2,1-3H3. The van der Waals surface area contributed by atoms with Gasteiger partial charge < -0.3 is 10.1 Å². The van der Waals surface area contributed by atoms with Gasteiger partial charge in [0.2, 0.25) is 5.88 Å². The van der Waals surface area contributed by atoms with Crippen LogP contribution in [-0.2, 0) is 6.42 Å². The van der Waals surface area contributed by atoms with Crippen LogP contribution in [0.4, 0.5) is 0 Å². The molecule has 1 N–H and O–H groups in total. The Balaban J connectivity index is 2.55. The summed E-state index contributed by atoms with van der Waals surface area (Å²) >= 11 is 0. The van der Waals surface area contributed by atoms with Crippen LogP contribution in [0.15, 0.2) is 18.3 Å². The number of hydrogen-bond donors (Lipinski definition) is 1. The summed E-state index contributed by atoms with van der Waals surface area (Å²) in [5.41, 5.74) is 1.25. The molecule has 1 atom stereocenters. The highest BCUT2D eigenvalue weighted by atomic mass is 16.5. The molecule has 0 radical (unpaired) electrons. The Morgan fingerprint density at radius 1 is 1.47 bits per heavy atom. The molecule has 3 heteroatoms. The van der Waals surface area contributed by atoms with Crippen molar-refractivity contribution in [3.05, 3.63) is 23.9 Å². The number of pyridine rings is 1. The monoisotopic (exact) mass is 208 g/mol. The maximum absolute atomic E-state index is 5.02. The first-order chi connectivity index (χ1) is 7.30. The van der Waals surface area contributed by atoms with Crippen molar-refractivity contribution in [2.45, 2.75) is 32.2 Å². The second kappa shape index (κ2) is 6.40. The van der Waals surface area contributed by atoms with E-state index < -0.39 is 0 Å². The minimum atomic E-state index is 0.546. The molecular formula is C12H20N2O. The van der Waals surface area contributed by atoms with E-state index in [1.54, 1.807) is 7.11 Å². The van der Waals surface area contributed by atoms with Crippen LogP contribution in [0.2, 0.25) is 0 Å². The zero-order valence-corrected chi connectivity index (χ0v) is 9.79. The van der Waals surface area contributed by atoms with Crippen LogP contribution >= 0.6 is 0 Å². The van der Waals surface area contributed by atoms with Gasteiger partial charge in [0.25, 0.3) is 0 Å². The maximum atomic E-state index is 5.02. The van der Waals surface area contributed by atoms with Crippen molar-refractivity contribution in [1.29, 1.82) is 0 Å². The largest absolute Gasteiger partial charge is 0.481 e. The molecule has 1 heterocycles. The first-order valence-electron chi connectivity index (χ1n) is 5.46. The summed E-state index contributed by atoms with van der Waals surface area (Å²) in [5, 5.41) is 3.32. The molecule has 0 fully saturated rings. The minimum Gasteiger partial charge on any atom is -0.481 e. The normalized spacial score (nSPS) is 12.5. The summed E-state index contributed by atoms with van der Waals surface area (Å²) in [4.78, 5) is 4.19. The summed E-state index contributed by atoms with van der Waals surface area (Å²) in [7, 11) is 3.65. The molecule has 1 unspecified atom stereocenters. The van der Waals surface area contributed by atoms with Crippen LogP contribution in [0.25, 0.3) is 0 Å². The number of nitrogens with one attached hydrogen (secondary N) is 1. The molecule has 0 amide bonds. The number of methoxy groups -OCH3 is 1. The summed E-state index contributed by atoms with van der Waals surface area (Å²) in [6, 6.07) is 4.53. The van der Waals surface area contributed by atoms with Gasteiger partial charge in [-0.1, -0.05) is 19.4 Å². The Morgan fingerprint density at radius 3 is 2.73 bits per heavy atom. The minimum absolute atomic E-state index is 0.546. The van der Waals surface area contributed by atoms with E-state index in [0.717, 1.165) is 6.42 Å². The number of rotatable bonds is 6. The van der Waals surface area contributed by atoms with E-state index in [0.29, 0.717) is 11.9 Å². The van der Waals surface area contributed by atoms with Crippen molar-refractivity contribution in [3.63, 3.8) is 0 Å². The Morgan fingerprint density at radius 2 is 2.27 bits per heavy atom. The molecule has 84 valence electrons. The second-order valence-corrected chi connectivity index (χ2v) is 3.69. The lowest BCUT2D eigenvalue weighted by molar-refractivity contribution is 0.397. The van der Waals surface area contributed by atoms with Crippen molar-refractivity contribution in [1.82, 2.24) is 10.3 Å². The van der Waals surface area contributed by atoms with Crippen molar-refractivity contribution in [2.24, 2.45) is 0 Å². The van der Waals surface area contributed by atoms with Gasteiger partial charge in [0, 0.05) is 18.3 Å². The van der Waals surface area contributed by atoms with E-state index >= 15 is 0 Å². The third kappa shape index (κ3) is 3.88. The van der Waals surface area contributed by atoms with Crippen LogP contribution in [0.1, 0.15) is 25.3 Å². The van der Waals surface area contributed by atoms with E-state index in [9.17, 15) is 0 Å². The highest BCUT2D eigenvalue weighted by molar-refractivity contribution is 5.18. The van der Waals surface area contributed by atoms with Crippen molar-refractivity contribution in [2.75, 3.05) is 14.2 Å². The van der Waals surface area contributed by atoms with Crippen LogP contribution < -0.4 is 10.1 Å². The molecule has 0 aromatic carbocycles. The van der Waals surface area contributed by atoms with Gasteiger partial charge in [0.15, 0.2) is 0 Å². The molecule has 0 saturated carbocycles. The van der Waals surface area contributed by atoms with Gasteiger partial charge in [0.05, 0.1) is 7.11 Å². The number of nitrogens with zero attached hydrogens (tertiary/aromatic N) is 1. The fourth-order valence-electron chi connectivity index (χ4n) is 1.63. The SMILES string of the molecule is CCCC(Cc1ccc(OC)nc1)NC. The quantitative estimate of drug-likeness (QED) is 0.776.